The van der Waals surface area contributed by atoms with Crippen LogP contribution in [-0.4, -0.2) is 35.5 Å². The third-order valence-corrected chi connectivity index (χ3v) is 3.49. The molecule has 1 amide bonds. The Bertz CT molecular complexity index is 555. The molecule has 0 bridgehead atoms. The van der Waals surface area contributed by atoms with E-state index in [1.54, 1.807) is 39.0 Å². The van der Waals surface area contributed by atoms with Crippen molar-refractivity contribution >= 4 is 35.1 Å². The highest BCUT2D eigenvalue weighted by Crippen LogP contribution is 2.26. The summed E-state index contributed by atoms with van der Waals surface area (Å²) >= 11 is 11.8. The molecule has 0 radical (unpaired) electrons. The van der Waals surface area contributed by atoms with Crippen molar-refractivity contribution in [2.45, 2.75) is 26.4 Å². The summed E-state index contributed by atoms with van der Waals surface area (Å²) < 4.78 is 5.25. The fourth-order valence-corrected chi connectivity index (χ4v) is 2.58. The smallest absolute Gasteiger partial charge is 0.410 e. The minimum Gasteiger partial charge on any atom is -0.444 e. The van der Waals surface area contributed by atoms with Crippen molar-refractivity contribution in [2.75, 3.05) is 13.1 Å². The van der Waals surface area contributed by atoms with Gasteiger partial charge >= 0.3 is 6.09 Å². The lowest BCUT2D eigenvalue weighted by molar-refractivity contribution is 0.00149. The minimum atomic E-state index is -0.535. The molecule has 1 aromatic rings. The lowest BCUT2D eigenvalue weighted by atomic mass is 9.91. The topological polar surface area (TPSA) is 46.6 Å². The molecule has 1 aliphatic rings. The van der Waals surface area contributed by atoms with Gasteiger partial charge in [-0.1, -0.05) is 23.2 Å². The Hall–Kier alpha value is -1.26. The molecular formula is C15H17Cl2NO3. The summed E-state index contributed by atoms with van der Waals surface area (Å²) in [6.07, 6.45) is -0.393. The van der Waals surface area contributed by atoms with Crippen LogP contribution in [0, 0.1) is 5.92 Å². The molecule has 4 nitrogen and oxygen atoms in total. The van der Waals surface area contributed by atoms with Crippen molar-refractivity contribution in [3.8, 4) is 0 Å². The zero-order valence-electron chi connectivity index (χ0n) is 12.2. The average molecular weight is 330 g/mol. The highest BCUT2D eigenvalue weighted by atomic mass is 35.5. The highest BCUT2D eigenvalue weighted by molar-refractivity contribution is 6.35. The summed E-state index contributed by atoms with van der Waals surface area (Å²) in [5, 5.41) is 0.850. The molecule has 0 N–H and O–H groups in total. The Morgan fingerprint density at radius 1 is 1.14 bits per heavy atom. The summed E-state index contributed by atoms with van der Waals surface area (Å²) in [7, 11) is 0. The van der Waals surface area contributed by atoms with E-state index in [1.807, 2.05) is 0 Å². The second-order valence-electron chi connectivity index (χ2n) is 6.10. The number of Topliss-reactive ketones (excluding diaryl/α,β-unsaturated/α-hetero) is 1. The average Bonchev–Trinajstić information content (AvgIpc) is 2.22. The third kappa shape index (κ3) is 4.11. The van der Waals surface area contributed by atoms with E-state index in [4.69, 9.17) is 27.9 Å². The number of carbonyl (C=O) groups excluding carboxylic acids is 2. The number of ketones is 1. The largest absolute Gasteiger partial charge is 0.444 e. The lowest BCUT2D eigenvalue weighted by Crippen LogP contribution is -2.54. The normalized spacial score (nSPS) is 15.6. The van der Waals surface area contributed by atoms with Crippen LogP contribution in [0.15, 0.2) is 18.2 Å². The number of hydrogen-bond donors (Lipinski definition) is 0. The van der Waals surface area contributed by atoms with Gasteiger partial charge in [0.25, 0.3) is 0 Å². The zero-order valence-corrected chi connectivity index (χ0v) is 13.7. The van der Waals surface area contributed by atoms with Crippen molar-refractivity contribution in [1.29, 1.82) is 0 Å². The van der Waals surface area contributed by atoms with E-state index in [-0.39, 0.29) is 11.7 Å². The SMILES string of the molecule is CC(C)(C)OC(=O)N1CC(C(=O)c2cc(Cl)cc(Cl)c2)C1. The number of nitrogens with zero attached hydrogens (tertiary/aromatic N) is 1. The summed E-state index contributed by atoms with van der Waals surface area (Å²) in [5.41, 5.74) is -0.0616. The number of rotatable bonds is 2. The summed E-state index contributed by atoms with van der Waals surface area (Å²) in [6, 6.07) is 4.76. The number of carbonyl (C=O) groups is 2. The molecular weight excluding hydrogens is 313 g/mol. The lowest BCUT2D eigenvalue weighted by Gasteiger charge is -2.38. The van der Waals surface area contributed by atoms with Crippen LogP contribution in [0.25, 0.3) is 0 Å². The molecule has 114 valence electrons. The number of likely N-dealkylation sites (tertiary alicyclic amines) is 1. The summed E-state index contributed by atoms with van der Waals surface area (Å²) in [6.45, 7) is 6.14. The van der Waals surface area contributed by atoms with Crippen molar-refractivity contribution in [1.82, 2.24) is 4.90 Å². The monoisotopic (exact) mass is 329 g/mol. The molecule has 1 saturated heterocycles. The molecule has 2 rings (SSSR count). The van der Waals surface area contributed by atoms with Crippen LogP contribution in [-0.2, 0) is 4.74 Å². The second-order valence-corrected chi connectivity index (χ2v) is 6.98. The van der Waals surface area contributed by atoms with Gasteiger partial charge < -0.3 is 9.64 Å². The Balaban J connectivity index is 1.95. The van der Waals surface area contributed by atoms with Crippen LogP contribution in [0.4, 0.5) is 4.79 Å². The van der Waals surface area contributed by atoms with E-state index in [9.17, 15) is 9.59 Å². The molecule has 21 heavy (non-hydrogen) atoms. The van der Waals surface area contributed by atoms with Gasteiger partial charge in [0.2, 0.25) is 0 Å². The van der Waals surface area contributed by atoms with Gasteiger partial charge in [-0.15, -0.1) is 0 Å². The number of hydrogen-bond acceptors (Lipinski definition) is 3. The van der Waals surface area contributed by atoms with E-state index in [0.717, 1.165) is 0 Å². The quantitative estimate of drug-likeness (QED) is 0.769. The first kappa shape index (κ1) is 16.1. The van der Waals surface area contributed by atoms with Crippen molar-refractivity contribution < 1.29 is 14.3 Å². The highest BCUT2D eigenvalue weighted by Gasteiger charge is 2.38. The van der Waals surface area contributed by atoms with E-state index in [1.165, 1.54) is 4.90 Å². The van der Waals surface area contributed by atoms with Gasteiger partial charge in [-0.3, -0.25) is 4.79 Å². The molecule has 0 saturated carbocycles. The predicted octanol–water partition coefficient (Wildman–Crippen LogP) is 4.04. The number of amides is 1. The molecule has 0 aliphatic carbocycles. The first-order chi connectivity index (χ1) is 9.65. The van der Waals surface area contributed by atoms with Crippen molar-refractivity contribution in [3.63, 3.8) is 0 Å². The predicted molar refractivity (Wildman–Crippen MR) is 82.1 cm³/mol. The van der Waals surface area contributed by atoms with Crippen molar-refractivity contribution in [2.24, 2.45) is 5.92 Å². The zero-order chi connectivity index (χ0) is 15.8. The van der Waals surface area contributed by atoms with Crippen LogP contribution in [0.1, 0.15) is 31.1 Å². The van der Waals surface area contributed by atoms with Crippen molar-refractivity contribution in [3.05, 3.63) is 33.8 Å². The van der Waals surface area contributed by atoms with Gasteiger partial charge in [-0.05, 0) is 39.0 Å². The molecule has 1 fully saturated rings. The van der Waals surface area contributed by atoms with Crippen LogP contribution >= 0.6 is 23.2 Å². The Morgan fingerprint density at radius 2 is 1.67 bits per heavy atom. The van der Waals surface area contributed by atoms with Gasteiger partial charge in [0.05, 0.1) is 5.92 Å². The van der Waals surface area contributed by atoms with E-state index < -0.39 is 11.7 Å². The molecule has 0 aromatic heterocycles. The van der Waals surface area contributed by atoms with E-state index >= 15 is 0 Å². The molecule has 1 aromatic carbocycles. The molecule has 1 aliphatic heterocycles. The molecule has 1 heterocycles. The number of benzene rings is 1. The van der Waals surface area contributed by atoms with Crippen LogP contribution in [0.5, 0.6) is 0 Å². The fourth-order valence-electron chi connectivity index (χ4n) is 2.05. The van der Waals surface area contributed by atoms with Gasteiger partial charge in [0.1, 0.15) is 5.60 Å². The van der Waals surface area contributed by atoms with Gasteiger partial charge in [0.15, 0.2) is 5.78 Å². The maximum absolute atomic E-state index is 12.3. The Labute approximate surface area is 134 Å². The van der Waals surface area contributed by atoms with Crippen LogP contribution in [0.2, 0.25) is 10.0 Å². The molecule has 0 unspecified atom stereocenters. The van der Waals surface area contributed by atoms with Crippen LogP contribution < -0.4 is 0 Å². The van der Waals surface area contributed by atoms with Crippen LogP contribution in [0.3, 0.4) is 0 Å². The molecule has 6 heteroatoms. The van der Waals surface area contributed by atoms with E-state index in [0.29, 0.717) is 28.7 Å². The maximum Gasteiger partial charge on any atom is 0.410 e. The Morgan fingerprint density at radius 3 is 2.14 bits per heavy atom. The molecule has 0 spiro atoms. The summed E-state index contributed by atoms with van der Waals surface area (Å²) in [5.74, 6) is -0.286. The maximum atomic E-state index is 12.3. The number of ether oxygens (including phenoxy) is 1. The Kier molecular flexibility index (Phi) is 4.49. The van der Waals surface area contributed by atoms with Gasteiger partial charge in [0, 0.05) is 28.7 Å². The van der Waals surface area contributed by atoms with E-state index in [2.05, 4.69) is 0 Å². The van der Waals surface area contributed by atoms with Gasteiger partial charge in [-0.2, -0.15) is 0 Å². The first-order valence-corrected chi connectivity index (χ1v) is 7.39. The molecule has 0 atom stereocenters. The second kappa shape index (κ2) is 5.85. The third-order valence-electron chi connectivity index (χ3n) is 3.05. The minimum absolute atomic E-state index is 0.0563. The first-order valence-electron chi connectivity index (χ1n) is 6.64. The van der Waals surface area contributed by atoms with Gasteiger partial charge in [-0.25, -0.2) is 4.79 Å². The number of halogens is 2. The standard InChI is InChI=1S/C15H17Cl2NO3/c1-15(2,3)21-14(20)18-7-10(8-18)13(19)9-4-11(16)6-12(17)5-9/h4-6,10H,7-8H2,1-3H3. The summed E-state index contributed by atoms with van der Waals surface area (Å²) in [4.78, 5) is 25.6. The fraction of sp³-hybridized carbons (Fsp3) is 0.467.